The zero-order chi connectivity index (χ0) is 23.1. The second kappa shape index (κ2) is 10.4. The lowest BCUT2D eigenvalue weighted by molar-refractivity contribution is -0.384. The van der Waals surface area contributed by atoms with Crippen molar-refractivity contribution < 1.29 is 19.2 Å². The second-order valence-corrected chi connectivity index (χ2v) is 7.10. The molecule has 1 aromatic carbocycles. The summed E-state index contributed by atoms with van der Waals surface area (Å²) in [4.78, 5) is 34.5. The van der Waals surface area contributed by atoms with Crippen LogP contribution in [0.5, 0.6) is 0 Å². The van der Waals surface area contributed by atoms with E-state index in [0.29, 0.717) is 0 Å². The quantitative estimate of drug-likeness (QED) is 0.214. The maximum atomic E-state index is 12.2. The fraction of sp³-hybridized carbons (Fsp3) is 0.286. The molecule has 1 amide bonds. The standard InChI is InChI=1S/C21H21ClN4O5/c1-4-7-25-13(2)8-15(14(25)3)9-16(11-23)21(28)31-12-20(27)24-17-5-6-18(22)19(10-17)26(29)30/h5-6,8-10H,4,7,12H2,1-3H3,(H,24,27)/b16-9+. The van der Waals surface area contributed by atoms with E-state index in [9.17, 15) is 25.0 Å². The fourth-order valence-corrected chi connectivity index (χ4v) is 3.16. The topological polar surface area (TPSA) is 127 Å². The SMILES string of the molecule is CCCn1c(C)cc(/C=C(\C#N)C(=O)OCC(=O)Nc2ccc(Cl)c([N+](=O)[O-])c2)c1C. The number of esters is 1. The van der Waals surface area contributed by atoms with E-state index >= 15 is 0 Å². The lowest BCUT2D eigenvalue weighted by Crippen LogP contribution is -2.21. The Morgan fingerprint density at radius 1 is 1.35 bits per heavy atom. The number of carbonyl (C=O) groups excluding carboxylic acids is 2. The van der Waals surface area contributed by atoms with E-state index in [1.807, 2.05) is 19.9 Å². The van der Waals surface area contributed by atoms with Gasteiger partial charge in [-0.25, -0.2) is 4.79 Å². The maximum Gasteiger partial charge on any atom is 0.349 e. The van der Waals surface area contributed by atoms with Gasteiger partial charge in [0.05, 0.1) is 4.92 Å². The molecule has 162 valence electrons. The fourth-order valence-electron chi connectivity index (χ4n) is 2.97. The number of nitro groups is 1. The van der Waals surface area contributed by atoms with Gasteiger partial charge in [0.2, 0.25) is 0 Å². The van der Waals surface area contributed by atoms with E-state index in [2.05, 4.69) is 16.8 Å². The number of rotatable bonds is 8. The molecule has 0 saturated carbocycles. The van der Waals surface area contributed by atoms with Gasteiger partial charge in [0.25, 0.3) is 11.6 Å². The summed E-state index contributed by atoms with van der Waals surface area (Å²) in [5.74, 6) is -1.66. The summed E-state index contributed by atoms with van der Waals surface area (Å²) in [5.41, 5.74) is 2.15. The van der Waals surface area contributed by atoms with Crippen LogP contribution in [-0.4, -0.2) is 28.0 Å². The van der Waals surface area contributed by atoms with Gasteiger partial charge in [-0.15, -0.1) is 0 Å². The Balaban J connectivity index is 2.05. The molecule has 0 atom stereocenters. The number of nitrogens with one attached hydrogen (secondary N) is 1. The summed E-state index contributed by atoms with van der Waals surface area (Å²) in [5, 5.41) is 22.6. The number of halogens is 1. The van der Waals surface area contributed by atoms with Gasteiger partial charge in [-0.3, -0.25) is 14.9 Å². The molecule has 31 heavy (non-hydrogen) atoms. The van der Waals surface area contributed by atoms with Crippen molar-refractivity contribution in [2.45, 2.75) is 33.7 Å². The number of carbonyl (C=O) groups is 2. The van der Waals surface area contributed by atoms with Gasteiger partial charge in [-0.1, -0.05) is 18.5 Å². The molecule has 0 aliphatic heterocycles. The third-order valence-corrected chi connectivity index (χ3v) is 4.78. The lowest BCUT2D eigenvalue weighted by Gasteiger charge is -2.07. The molecule has 1 aromatic heterocycles. The number of aromatic nitrogens is 1. The van der Waals surface area contributed by atoms with Gasteiger partial charge in [0.15, 0.2) is 6.61 Å². The Labute approximate surface area is 184 Å². The summed E-state index contributed by atoms with van der Waals surface area (Å²) in [7, 11) is 0. The van der Waals surface area contributed by atoms with Gasteiger partial charge in [-0.05, 0) is 50.1 Å². The zero-order valence-corrected chi connectivity index (χ0v) is 18.0. The van der Waals surface area contributed by atoms with Crippen LogP contribution in [0.1, 0.15) is 30.3 Å². The Morgan fingerprint density at radius 2 is 2.06 bits per heavy atom. The van der Waals surface area contributed by atoms with Gasteiger partial charge in [-0.2, -0.15) is 5.26 Å². The average molecular weight is 445 g/mol. The molecule has 10 heteroatoms. The van der Waals surface area contributed by atoms with Crippen molar-refractivity contribution in [3.63, 3.8) is 0 Å². The number of hydrogen-bond acceptors (Lipinski definition) is 6. The molecule has 0 radical (unpaired) electrons. The highest BCUT2D eigenvalue weighted by Gasteiger charge is 2.17. The normalized spacial score (nSPS) is 11.0. The van der Waals surface area contributed by atoms with Crippen LogP contribution in [0.25, 0.3) is 6.08 Å². The van der Waals surface area contributed by atoms with E-state index in [1.54, 1.807) is 6.07 Å². The number of anilines is 1. The molecular formula is C21H21ClN4O5. The van der Waals surface area contributed by atoms with E-state index in [4.69, 9.17) is 16.3 Å². The maximum absolute atomic E-state index is 12.2. The van der Waals surface area contributed by atoms with Crippen LogP contribution >= 0.6 is 11.6 Å². The smallest absolute Gasteiger partial charge is 0.349 e. The minimum Gasteiger partial charge on any atom is -0.451 e. The van der Waals surface area contributed by atoms with Crippen LogP contribution in [0.3, 0.4) is 0 Å². The summed E-state index contributed by atoms with van der Waals surface area (Å²) >= 11 is 5.73. The molecule has 0 aliphatic rings. The largest absolute Gasteiger partial charge is 0.451 e. The zero-order valence-electron chi connectivity index (χ0n) is 17.3. The Kier molecular flexibility index (Phi) is 7.94. The number of ether oxygens (including phenoxy) is 1. The first kappa shape index (κ1) is 23.6. The molecule has 0 unspecified atom stereocenters. The summed E-state index contributed by atoms with van der Waals surface area (Å²) in [6.07, 6.45) is 2.37. The number of amides is 1. The van der Waals surface area contributed by atoms with Crippen LogP contribution in [0.4, 0.5) is 11.4 Å². The third-order valence-electron chi connectivity index (χ3n) is 4.46. The second-order valence-electron chi connectivity index (χ2n) is 6.70. The predicted molar refractivity (Wildman–Crippen MR) is 115 cm³/mol. The molecule has 2 aromatic rings. The van der Waals surface area contributed by atoms with Crippen molar-refractivity contribution in [3.8, 4) is 6.07 Å². The highest BCUT2D eigenvalue weighted by Crippen LogP contribution is 2.27. The van der Waals surface area contributed by atoms with E-state index < -0.39 is 23.4 Å². The molecule has 2 rings (SSSR count). The molecule has 1 heterocycles. The number of aryl methyl sites for hydroxylation is 1. The van der Waals surface area contributed by atoms with E-state index in [-0.39, 0.29) is 22.0 Å². The molecule has 9 nitrogen and oxygen atoms in total. The Morgan fingerprint density at radius 3 is 2.68 bits per heavy atom. The van der Waals surface area contributed by atoms with Crippen LogP contribution in [-0.2, 0) is 20.9 Å². The minimum absolute atomic E-state index is 0.0727. The molecule has 0 aliphatic carbocycles. The monoisotopic (exact) mass is 444 g/mol. The number of benzene rings is 1. The van der Waals surface area contributed by atoms with Gasteiger partial charge < -0.3 is 14.6 Å². The van der Waals surface area contributed by atoms with Crippen molar-refractivity contribution >= 4 is 40.9 Å². The number of hydrogen-bond donors (Lipinski definition) is 1. The number of nitriles is 1. The van der Waals surface area contributed by atoms with Gasteiger partial charge in [0.1, 0.15) is 16.7 Å². The molecule has 0 saturated heterocycles. The summed E-state index contributed by atoms with van der Waals surface area (Å²) in [6, 6.07) is 7.40. The van der Waals surface area contributed by atoms with Gasteiger partial charge in [0, 0.05) is 29.7 Å². The van der Waals surface area contributed by atoms with E-state index in [0.717, 1.165) is 36.0 Å². The Hall–Kier alpha value is -3.64. The van der Waals surface area contributed by atoms with Crippen LogP contribution in [0, 0.1) is 35.3 Å². The van der Waals surface area contributed by atoms with Crippen molar-refractivity contribution in [1.82, 2.24) is 4.57 Å². The molecule has 0 spiro atoms. The highest BCUT2D eigenvalue weighted by atomic mass is 35.5. The average Bonchev–Trinajstić information content (AvgIpc) is 2.99. The third kappa shape index (κ3) is 5.93. The molecular weight excluding hydrogens is 424 g/mol. The van der Waals surface area contributed by atoms with Crippen molar-refractivity contribution in [2.75, 3.05) is 11.9 Å². The first-order valence-corrected chi connectivity index (χ1v) is 9.75. The van der Waals surface area contributed by atoms with Crippen LogP contribution in [0.2, 0.25) is 5.02 Å². The number of nitro benzene ring substituents is 1. The Bertz CT molecular complexity index is 1100. The highest BCUT2D eigenvalue weighted by molar-refractivity contribution is 6.32. The predicted octanol–water partition coefficient (Wildman–Crippen LogP) is 4.17. The first-order valence-electron chi connectivity index (χ1n) is 9.37. The molecule has 0 bridgehead atoms. The van der Waals surface area contributed by atoms with Crippen molar-refractivity contribution in [2.24, 2.45) is 0 Å². The van der Waals surface area contributed by atoms with Crippen LogP contribution < -0.4 is 5.32 Å². The lowest BCUT2D eigenvalue weighted by atomic mass is 10.1. The summed E-state index contributed by atoms with van der Waals surface area (Å²) in [6.45, 7) is 6.05. The van der Waals surface area contributed by atoms with E-state index in [1.165, 1.54) is 18.2 Å². The molecule has 1 N–H and O–H groups in total. The van der Waals surface area contributed by atoms with Crippen molar-refractivity contribution in [1.29, 1.82) is 5.26 Å². The molecule has 0 fully saturated rings. The van der Waals surface area contributed by atoms with Crippen LogP contribution in [0.15, 0.2) is 29.8 Å². The minimum atomic E-state index is -0.944. The number of nitrogens with zero attached hydrogens (tertiary/aromatic N) is 3. The van der Waals surface area contributed by atoms with Crippen molar-refractivity contribution in [3.05, 3.63) is 61.9 Å². The summed E-state index contributed by atoms with van der Waals surface area (Å²) < 4.78 is 7.01. The first-order chi connectivity index (χ1) is 14.7. The van der Waals surface area contributed by atoms with Gasteiger partial charge >= 0.3 is 5.97 Å².